The highest BCUT2D eigenvalue weighted by molar-refractivity contribution is 6.32. The largest absolute Gasteiger partial charge is 0.486 e. The van der Waals surface area contributed by atoms with Crippen molar-refractivity contribution in [2.24, 2.45) is 0 Å². The molecule has 1 aromatic carbocycles. The Kier molecular flexibility index (Phi) is 3.65. The number of benzene rings is 1. The Morgan fingerprint density at radius 2 is 1.81 bits per heavy atom. The Hall–Kier alpha value is -1.25. The number of ether oxygens (including phenoxy) is 1. The number of nitrogens with zero attached hydrogens (tertiary/aromatic N) is 1. The lowest BCUT2D eigenvalue weighted by Gasteiger charge is -2.07. The van der Waals surface area contributed by atoms with E-state index in [2.05, 4.69) is 4.98 Å². The molecule has 0 atom stereocenters. The second kappa shape index (κ2) is 5.19. The van der Waals surface area contributed by atoms with Crippen LogP contribution < -0.4 is 4.74 Å². The first-order valence-corrected chi connectivity index (χ1v) is 5.50. The molecule has 16 heavy (non-hydrogen) atoms. The summed E-state index contributed by atoms with van der Waals surface area (Å²) >= 11 is 11.7. The summed E-state index contributed by atoms with van der Waals surface area (Å²) in [4.78, 5) is 4.12. The van der Waals surface area contributed by atoms with E-state index in [0.29, 0.717) is 22.5 Å². The quantitative estimate of drug-likeness (QED) is 0.773. The molecule has 0 bridgehead atoms. The molecule has 0 saturated carbocycles. The van der Waals surface area contributed by atoms with E-state index in [-0.39, 0.29) is 0 Å². The Labute approximate surface area is 104 Å². The van der Waals surface area contributed by atoms with Crippen LogP contribution in [0.1, 0.15) is 5.69 Å². The molecule has 0 spiro atoms. The standard InChI is InChI=1S/C12H9Cl2NO/c13-10-5-1-2-6-11(10)16-8-9-4-3-7-12(14)15-9/h1-7H,8H2. The maximum Gasteiger partial charge on any atom is 0.138 e. The molecule has 0 fully saturated rings. The topological polar surface area (TPSA) is 22.1 Å². The molecule has 4 heteroatoms. The highest BCUT2D eigenvalue weighted by Crippen LogP contribution is 2.23. The van der Waals surface area contributed by atoms with Gasteiger partial charge in [-0.1, -0.05) is 41.4 Å². The van der Waals surface area contributed by atoms with Crippen molar-refractivity contribution in [3.8, 4) is 5.75 Å². The maximum absolute atomic E-state index is 5.95. The molecule has 0 radical (unpaired) electrons. The summed E-state index contributed by atoms with van der Waals surface area (Å²) in [7, 11) is 0. The lowest BCUT2D eigenvalue weighted by molar-refractivity contribution is 0.301. The van der Waals surface area contributed by atoms with Gasteiger partial charge in [0.15, 0.2) is 0 Å². The molecular weight excluding hydrogens is 245 g/mol. The summed E-state index contributed by atoms with van der Waals surface area (Å²) in [6, 6.07) is 12.7. The van der Waals surface area contributed by atoms with E-state index < -0.39 is 0 Å². The van der Waals surface area contributed by atoms with Gasteiger partial charge in [-0.3, -0.25) is 0 Å². The van der Waals surface area contributed by atoms with Crippen LogP contribution in [0.3, 0.4) is 0 Å². The van der Waals surface area contributed by atoms with Gasteiger partial charge in [0.2, 0.25) is 0 Å². The molecule has 0 aliphatic carbocycles. The second-order valence-electron chi connectivity index (χ2n) is 3.17. The molecule has 1 heterocycles. The number of para-hydroxylation sites is 1. The third kappa shape index (κ3) is 2.87. The summed E-state index contributed by atoms with van der Waals surface area (Å²) in [5.41, 5.74) is 0.771. The van der Waals surface area contributed by atoms with Gasteiger partial charge in [-0.15, -0.1) is 0 Å². The average Bonchev–Trinajstić information content (AvgIpc) is 2.28. The van der Waals surface area contributed by atoms with Gasteiger partial charge >= 0.3 is 0 Å². The van der Waals surface area contributed by atoms with E-state index in [1.54, 1.807) is 12.1 Å². The van der Waals surface area contributed by atoms with Gasteiger partial charge < -0.3 is 4.74 Å². The summed E-state index contributed by atoms with van der Waals surface area (Å²) in [6.07, 6.45) is 0. The molecule has 2 rings (SSSR count). The van der Waals surface area contributed by atoms with Crippen LogP contribution >= 0.6 is 23.2 Å². The normalized spacial score (nSPS) is 10.1. The van der Waals surface area contributed by atoms with Crippen LogP contribution in [0.5, 0.6) is 5.75 Å². The third-order valence-electron chi connectivity index (χ3n) is 1.98. The van der Waals surface area contributed by atoms with Crippen LogP contribution in [0, 0.1) is 0 Å². The Bertz CT molecular complexity index is 488. The van der Waals surface area contributed by atoms with E-state index in [0.717, 1.165) is 5.69 Å². The highest BCUT2D eigenvalue weighted by atomic mass is 35.5. The van der Waals surface area contributed by atoms with E-state index in [1.165, 1.54) is 0 Å². The van der Waals surface area contributed by atoms with Crippen molar-refractivity contribution in [2.45, 2.75) is 6.61 Å². The van der Waals surface area contributed by atoms with Gasteiger partial charge in [0.1, 0.15) is 17.5 Å². The van der Waals surface area contributed by atoms with E-state index >= 15 is 0 Å². The zero-order valence-electron chi connectivity index (χ0n) is 8.36. The molecule has 1 aromatic heterocycles. The van der Waals surface area contributed by atoms with Crippen LogP contribution in [0.4, 0.5) is 0 Å². The maximum atomic E-state index is 5.95. The van der Waals surface area contributed by atoms with Crippen molar-refractivity contribution >= 4 is 23.2 Å². The number of pyridine rings is 1. The molecule has 2 aromatic rings. The monoisotopic (exact) mass is 253 g/mol. The molecule has 0 aliphatic rings. The predicted octanol–water partition coefficient (Wildman–Crippen LogP) is 3.97. The first-order valence-electron chi connectivity index (χ1n) is 4.74. The summed E-state index contributed by atoms with van der Waals surface area (Å²) in [6.45, 7) is 0.351. The van der Waals surface area contributed by atoms with Gasteiger partial charge in [-0.25, -0.2) is 4.98 Å². The number of hydrogen-bond acceptors (Lipinski definition) is 2. The van der Waals surface area contributed by atoms with E-state index in [1.807, 2.05) is 30.3 Å². The van der Waals surface area contributed by atoms with E-state index in [9.17, 15) is 0 Å². The fraction of sp³-hybridized carbons (Fsp3) is 0.0833. The smallest absolute Gasteiger partial charge is 0.138 e. The van der Waals surface area contributed by atoms with Gasteiger partial charge in [-0.2, -0.15) is 0 Å². The minimum absolute atomic E-state index is 0.351. The fourth-order valence-corrected chi connectivity index (χ4v) is 1.62. The van der Waals surface area contributed by atoms with Gasteiger partial charge in [0, 0.05) is 0 Å². The molecule has 82 valence electrons. The van der Waals surface area contributed by atoms with Crippen LogP contribution in [0.15, 0.2) is 42.5 Å². The Balaban J connectivity index is 2.05. The number of halogens is 2. The molecule has 0 saturated heterocycles. The van der Waals surface area contributed by atoms with Crippen LogP contribution in [0.25, 0.3) is 0 Å². The lowest BCUT2D eigenvalue weighted by Crippen LogP contribution is -1.98. The SMILES string of the molecule is Clc1cccc(COc2ccccc2Cl)n1. The molecule has 0 unspecified atom stereocenters. The zero-order chi connectivity index (χ0) is 11.4. The van der Waals surface area contributed by atoms with Gasteiger partial charge in [0.05, 0.1) is 10.7 Å². The van der Waals surface area contributed by atoms with Gasteiger partial charge in [0.25, 0.3) is 0 Å². The third-order valence-corrected chi connectivity index (χ3v) is 2.51. The van der Waals surface area contributed by atoms with Crippen LogP contribution in [-0.4, -0.2) is 4.98 Å². The summed E-state index contributed by atoms with van der Waals surface area (Å²) in [5, 5.41) is 1.05. The first-order chi connectivity index (χ1) is 7.75. The Morgan fingerprint density at radius 1 is 1.00 bits per heavy atom. The zero-order valence-corrected chi connectivity index (χ0v) is 9.87. The van der Waals surface area contributed by atoms with Crippen LogP contribution in [0.2, 0.25) is 10.2 Å². The highest BCUT2D eigenvalue weighted by Gasteiger charge is 2.01. The lowest BCUT2D eigenvalue weighted by atomic mass is 10.3. The molecule has 0 amide bonds. The molecule has 0 N–H and O–H groups in total. The number of rotatable bonds is 3. The van der Waals surface area contributed by atoms with Crippen LogP contribution in [-0.2, 0) is 6.61 Å². The predicted molar refractivity (Wildman–Crippen MR) is 65.0 cm³/mol. The Morgan fingerprint density at radius 3 is 2.56 bits per heavy atom. The second-order valence-corrected chi connectivity index (χ2v) is 3.97. The minimum Gasteiger partial charge on any atom is -0.486 e. The number of hydrogen-bond donors (Lipinski definition) is 0. The summed E-state index contributed by atoms with van der Waals surface area (Å²) in [5.74, 6) is 0.644. The van der Waals surface area contributed by atoms with Crippen molar-refractivity contribution in [3.63, 3.8) is 0 Å². The minimum atomic E-state index is 0.351. The number of aromatic nitrogens is 1. The van der Waals surface area contributed by atoms with Crippen molar-refractivity contribution in [1.82, 2.24) is 4.98 Å². The molecule has 0 aliphatic heterocycles. The first kappa shape index (κ1) is 11.2. The van der Waals surface area contributed by atoms with Crippen molar-refractivity contribution < 1.29 is 4.74 Å². The summed E-state index contributed by atoms with van der Waals surface area (Å²) < 4.78 is 5.52. The van der Waals surface area contributed by atoms with E-state index in [4.69, 9.17) is 27.9 Å². The fourth-order valence-electron chi connectivity index (χ4n) is 1.24. The molecule has 2 nitrogen and oxygen atoms in total. The van der Waals surface area contributed by atoms with Crippen molar-refractivity contribution in [3.05, 3.63) is 58.3 Å². The van der Waals surface area contributed by atoms with Gasteiger partial charge in [-0.05, 0) is 24.3 Å². The molecular formula is C12H9Cl2NO. The van der Waals surface area contributed by atoms with Crippen molar-refractivity contribution in [2.75, 3.05) is 0 Å². The average molecular weight is 254 g/mol. The van der Waals surface area contributed by atoms with Crippen molar-refractivity contribution in [1.29, 1.82) is 0 Å².